The normalized spacial score (nSPS) is 16.6. The second-order valence-electron chi connectivity index (χ2n) is 5.05. The Kier molecular flexibility index (Phi) is 5.76. The van der Waals surface area contributed by atoms with Crippen LogP contribution in [0.15, 0.2) is 24.5 Å². The van der Waals surface area contributed by atoms with Gasteiger partial charge in [-0.25, -0.2) is 0 Å². The standard InChI is InChI=1S/C15H27N3/c1-5-15(4,18(6-2)7-3)14(16)12-13-8-10-17-11-9-13/h8-11,14H,5-7,12,16H2,1-4H3. The summed E-state index contributed by atoms with van der Waals surface area (Å²) in [7, 11) is 0. The number of aromatic nitrogens is 1. The average Bonchev–Trinajstić information content (AvgIpc) is 2.40. The Bertz CT molecular complexity index is 335. The van der Waals surface area contributed by atoms with E-state index in [0.717, 1.165) is 25.9 Å². The molecular formula is C15H27N3. The van der Waals surface area contributed by atoms with Crippen LogP contribution >= 0.6 is 0 Å². The number of rotatable bonds is 7. The predicted octanol–water partition coefficient (Wildman–Crippen LogP) is 2.46. The molecular weight excluding hydrogens is 222 g/mol. The first kappa shape index (κ1) is 15.1. The third-order valence-corrected chi connectivity index (χ3v) is 4.21. The lowest BCUT2D eigenvalue weighted by Crippen LogP contribution is -2.58. The lowest BCUT2D eigenvalue weighted by Gasteiger charge is -2.44. The number of nitrogens with two attached hydrogens (primary N) is 1. The van der Waals surface area contributed by atoms with Gasteiger partial charge < -0.3 is 5.73 Å². The summed E-state index contributed by atoms with van der Waals surface area (Å²) < 4.78 is 0. The number of hydrogen-bond donors (Lipinski definition) is 1. The molecule has 0 saturated carbocycles. The SMILES string of the molecule is CCN(CC)C(C)(CC)C(N)Cc1ccncc1. The van der Waals surface area contributed by atoms with Gasteiger partial charge in [0.05, 0.1) is 0 Å². The second kappa shape index (κ2) is 6.86. The minimum Gasteiger partial charge on any atom is -0.326 e. The number of nitrogens with zero attached hydrogens (tertiary/aromatic N) is 2. The maximum Gasteiger partial charge on any atom is 0.0332 e. The molecule has 2 N–H and O–H groups in total. The van der Waals surface area contributed by atoms with Gasteiger partial charge in [0.2, 0.25) is 0 Å². The van der Waals surface area contributed by atoms with Crippen molar-refractivity contribution in [2.75, 3.05) is 13.1 Å². The molecule has 0 amide bonds. The van der Waals surface area contributed by atoms with Crippen LogP contribution in [0.1, 0.15) is 39.7 Å². The molecule has 102 valence electrons. The van der Waals surface area contributed by atoms with Gasteiger partial charge in [0.25, 0.3) is 0 Å². The zero-order valence-corrected chi connectivity index (χ0v) is 12.2. The van der Waals surface area contributed by atoms with Crippen LogP contribution in [0.4, 0.5) is 0 Å². The molecule has 3 nitrogen and oxygen atoms in total. The van der Waals surface area contributed by atoms with Crippen molar-refractivity contribution in [3.63, 3.8) is 0 Å². The highest BCUT2D eigenvalue weighted by atomic mass is 15.2. The molecule has 0 aliphatic heterocycles. The van der Waals surface area contributed by atoms with Crippen LogP contribution in [-0.4, -0.2) is 34.6 Å². The topological polar surface area (TPSA) is 42.1 Å². The summed E-state index contributed by atoms with van der Waals surface area (Å²) in [5, 5.41) is 0. The van der Waals surface area contributed by atoms with Crippen molar-refractivity contribution in [1.82, 2.24) is 9.88 Å². The molecule has 0 aliphatic carbocycles. The molecule has 0 fully saturated rings. The first-order valence-corrected chi connectivity index (χ1v) is 6.98. The van der Waals surface area contributed by atoms with Crippen molar-refractivity contribution < 1.29 is 0 Å². The van der Waals surface area contributed by atoms with E-state index in [1.807, 2.05) is 12.4 Å². The van der Waals surface area contributed by atoms with E-state index in [1.54, 1.807) is 0 Å². The van der Waals surface area contributed by atoms with Crippen molar-refractivity contribution in [3.05, 3.63) is 30.1 Å². The fourth-order valence-corrected chi connectivity index (χ4v) is 2.66. The summed E-state index contributed by atoms with van der Waals surface area (Å²) in [5.74, 6) is 0. The van der Waals surface area contributed by atoms with E-state index in [9.17, 15) is 0 Å². The molecule has 1 rings (SSSR count). The molecule has 1 heterocycles. The summed E-state index contributed by atoms with van der Waals surface area (Å²) >= 11 is 0. The number of pyridine rings is 1. The highest BCUT2D eigenvalue weighted by Gasteiger charge is 2.34. The molecule has 0 aliphatic rings. The van der Waals surface area contributed by atoms with Crippen molar-refractivity contribution >= 4 is 0 Å². The van der Waals surface area contributed by atoms with Crippen LogP contribution in [0.3, 0.4) is 0 Å². The summed E-state index contributed by atoms with van der Waals surface area (Å²) in [6.45, 7) is 11.0. The van der Waals surface area contributed by atoms with Crippen LogP contribution < -0.4 is 5.73 Å². The maximum absolute atomic E-state index is 6.48. The largest absolute Gasteiger partial charge is 0.326 e. The fraction of sp³-hybridized carbons (Fsp3) is 0.667. The molecule has 1 aromatic rings. The first-order chi connectivity index (χ1) is 8.58. The first-order valence-electron chi connectivity index (χ1n) is 6.98. The Balaban J connectivity index is 2.81. The van der Waals surface area contributed by atoms with Gasteiger partial charge in [-0.3, -0.25) is 9.88 Å². The molecule has 0 radical (unpaired) electrons. The molecule has 0 spiro atoms. The quantitative estimate of drug-likeness (QED) is 0.807. The Morgan fingerprint density at radius 2 is 1.78 bits per heavy atom. The number of hydrogen-bond acceptors (Lipinski definition) is 3. The predicted molar refractivity (Wildman–Crippen MR) is 77.5 cm³/mol. The summed E-state index contributed by atoms with van der Waals surface area (Å²) in [6.07, 6.45) is 5.65. The van der Waals surface area contributed by atoms with Crippen molar-refractivity contribution in [1.29, 1.82) is 0 Å². The van der Waals surface area contributed by atoms with Crippen LogP contribution in [0, 0.1) is 0 Å². The van der Waals surface area contributed by atoms with Gasteiger partial charge in [0.1, 0.15) is 0 Å². The zero-order valence-electron chi connectivity index (χ0n) is 12.2. The Hall–Kier alpha value is -0.930. The van der Waals surface area contributed by atoms with Gasteiger partial charge in [0, 0.05) is 24.0 Å². The third-order valence-electron chi connectivity index (χ3n) is 4.21. The van der Waals surface area contributed by atoms with E-state index in [1.165, 1.54) is 5.56 Å². The average molecular weight is 249 g/mol. The second-order valence-corrected chi connectivity index (χ2v) is 5.05. The fourth-order valence-electron chi connectivity index (χ4n) is 2.66. The van der Waals surface area contributed by atoms with Crippen molar-refractivity contribution in [2.24, 2.45) is 5.73 Å². The van der Waals surface area contributed by atoms with Crippen molar-refractivity contribution in [2.45, 2.75) is 52.1 Å². The zero-order chi connectivity index (χ0) is 13.6. The molecule has 18 heavy (non-hydrogen) atoms. The van der Waals surface area contributed by atoms with E-state index in [2.05, 4.69) is 49.7 Å². The lowest BCUT2D eigenvalue weighted by atomic mass is 9.84. The molecule has 0 aromatic carbocycles. The van der Waals surface area contributed by atoms with Gasteiger partial charge in [-0.05, 0) is 50.6 Å². The lowest BCUT2D eigenvalue weighted by molar-refractivity contribution is 0.0845. The van der Waals surface area contributed by atoms with E-state index < -0.39 is 0 Å². The summed E-state index contributed by atoms with van der Waals surface area (Å²) in [6, 6.07) is 4.25. The van der Waals surface area contributed by atoms with E-state index in [0.29, 0.717) is 0 Å². The molecule has 1 aromatic heterocycles. The highest BCUT2D eigenvalue weighted by Crippen LogP contribution is 2.24. The Morgan fingerprint density at radius 1 is 1.22 bits per heavy atom. The van der Waals surface area contributed by atoms with Gasteiger partial charge in [-0.1, -0.05) is 20.8 Å². The Labute approximate surface area is 111 Å². The summed E-state index contributed by atoms with van der Waals surface area (Å²) in [5.41, 5.74) is 7.81. The molecule has 2 unspecified atom stereocenters. The smallest absolute Gasteiger partial charge is 0.0332 e. The number of likely N-dealkylation sites (N-methyl/N-ethyl adjacent to an activating group) is 1. The van der Waals surface area contributed by atoms with Crippen LogP contribution in [-0.2, 0) is 6.42 Å². The monoisotopic (exact) mass is 249 g/mol. The van der Waals surface area contributed by atoms with Crippen molar-refractivity contribution in [3.8, 4) is 0 Å². The van der Waals surface area contributed by atoms with Crippen LogP contribution in [0.2, 0.25) is 0 Å². The molecule has 0 bridgehead atoms. The molecule has 3 heteroatoms. The molecule has 2 atom stereocenters. The van der Waals surface area contributed by atoms with Crippen LogP contribution in [0.25, 0.3) is 0 Å². The minimum absolute atomic E-state index is 0.0623. The highest BCUT2D eigenvalue weighted by molar-refractivity contribution is 5.13. The summed E-state index contributed by atoms with van der Waals surface area (Å²) in [4.78, 5) is 6.52. The van der Waals surface area contributed by atoms with Gasteiger partial charge in [-0.15, -0.1) is 0 Å². The molecule has 0 saturated heterocycles. The van der Waals surface area contributed by atoms with E-state index in [-0.39, 0.29) is 11.6 Å². The minimum atomic E-state index is 0.0623. The van der Waals surface area contributed by atoms with Crippen LogP contribution in [0.5, 0.6) is 0 Å². The third kappa shape index (κ3) is 3.30. The van der Waals surface area contributed by atoms with E-state index >= 15 is 0 Å². The van der Waals surface area contributed by atoms with Gasteiger partial charge >= 0.3 is 0 Å². The maximum atomic E-state index is 6.48. The van der Waals surface area contributed by atoms with Gasteiger partial charge in [-0.2, -0.15) is 0 Å². The van der Waals surface area contributed by atoms with E-state index in [4.69, 9.17) is 5.73 Å². The van der Waals surface area contributed by atoms with Gasteiger partial charge in [0.15, 0.2) is 0 Å². The Morgan fingerprint density at radius 3 is 2.22 bits per heavy atom.